The van der Waals surface area contributed by atoms with E-state index < -0.39 is 5.97 Å². The van der Waals surface area contributed by atoms with Crippen LogP contribution >= 0.6 is 0 Å². The van der Waals surface area contributed by atoms with Crippen LogP contribution in [0.3, 0.4) is 0 Å². The zero-order valence-corrected chi connectivity index (χ0v) is 10.2. The van der Waals surface area contributed by atoms with Crippen LogP contribution in [0.15, 0.2) is 18.3 Å². The lowest BCUT2D eigenvalue weighted by Gasteiger charge is -2.13. The van der Waals surface area contributed by atoms with Crippen molar-refractivity contribution in [3.63, 3.8) is 0 Å². The zero-order chi connectivity index (χ0) is 13.5. The number of aromatic carboxylic acids is 1. The Kier molecular flexibility index (Phi) is 5.00. The molecule has 2 N–H and O–H groups in total. The van der Waals surface area contributed by atoms with E-state index in [4.69, 9.17) is 11.5 Å². The highest BCUT2D eigenvalue weighted by molar-refractivity contribution is 5.87. The first-order valence-corrected chi connectivity index (χ1v) is 5.72. The number of carboxylic acids is 1. The summed E-state index contributed by atoms with van der Waals surface area (Å²) in [4.78, 5) is 22.6. The number of carbonyl (C=O) groups excluding carboxylic acids is 1. The van der Waals surface area contributed by atoms with E-state index in [1.54, 1.807) is 12.3 Å². The first kappa shape index (κ1) is 13.8. The molecular weight excluding hydrogens is 232 g/mol. The largest absolute Gasteiger partial charge is 0.477 e. The minimum absolute atomic E-state index is 0.0451. The molecule has 5 nitrogen and oxygen atoms in total. The molecule has 0 radical (unpaired) electrons. The van der Waals surface area contributed by atoms with Crippen LogP contribution in [0.4, 0.5) is 0 Å². The van der Waals surface area contributed by atoms with Gasteiger partial charge in [-0.3, -0.25) is 4.79 Å². The van der Waals surface area contributed by atoms with Gasteiger partial charge in [0.25, 0.3) is 0 Å². The summed E-state index contributed by atoms with van der Waals surface area (Å²) < 4.78 is 1.37. The van der Waals surface area contributed by atoms with Gasteiger partial charge in [0.15, 0.2) is 0 Å². The number of rotatable bonds is 6. The first-order chi connectivity index (χ1) is 8.58. The number of nitrogens with zero attached hydrogens (tertiary/aromatic N) is 1. The van der Waals surface area contributed by atoms with Gasteiger partial charge in [-0.1, -0.05) is 19.3 Å². The molecule has 1 heterocycles. The number of hydrogen-bond donors (Lipinski definition) is 2. The Hall–Kier alpha value is -2.22. The average molecular weight is 248 g/mol. The number of hydrogen-bond acceptors (Lipinski definition) is 2. The summed E-state index contributed by atoms with van der Waals surface area (Å²) in [6.07, 6.45) is 8.42. The van der Waals surface area contributed by atoms with Crippen molar-refractivity contribution in [1.82, 2.24) is 9.88 Å². The van der Waals surface area contributed by atoms with Crippen molar-refractivity contribution in [3.05, 3.63) is 24.0 Å². The lowest BCUT2D eigenvalue weighted by atomic mass is 10.2. The number of amides is 1. The molecule has 0 bridgehead atoms. The Morgan fingerprint density at radius 3 is 2.89 bits per heavy atom. The number of carbonyl (C=O) groups is 2. The molecule has 0 saturated heterocycles. The highest BCUT2D eigenvalue weighted by Gasteiger charge is 2.13. The van der Waals surface area contributed by atoms with Gasteiger partial charge in [0.05, 0.1) is 6.04 Å². The second-order valence-corrected chi connectivity index (χ2v) is 3.90. The second-order valence-electron chi connectivity index (χ2n) is 3.90. The Morgan fingerprint density at radius 1 is 1.61 bits per heavy atom. The van der Waals surface area contributed by atoms with Gasteiger partial charge in [-0.25, -0.2) is 4.79 Å². The second kappa shape index (κ2) is 6.50. The molecule has 0 aliphatic rings. The van der Waals surface area contributed by atoms with Crippen molar-refractivity contribution >= 4 is 11.9 Å². The van der Waals surface area contributed by atoms with Gasteiger partial charge in [-0.15, -0.1) is 6.42 Å². The summed E-state index contributed by atoms with van der Waals surface area (Å²) in [5, 5.41) is 11.6. The van der Waals surface area contributed by atoms with Crippen molar-refractivity contribution < 1.29 is 14.7 Å². The lowest BCUT2D eigenvalue weighted by molar-refractivity contribution is -0.122. The third kappa shape index (κ3) is 3.67. The molecular formula is C13H16N2O3. The van der Waals surface area contributed by atoms with Crippen molar-refractivity contribution in [2.75, 3.05) is 0 Å². The summed E-state index contributed by atoms with van der Waals surface area (Å²) in [6, 6.07) is 2.73. The zero-order valence-electron chi connectivity index (χ0n) is 10.2. The standard InChI is InChI=1S/C13H16N2O3/c1-3-6-10(4-2)14-12(16)9-15-8-5-7-11(15)13(17)18/h2,5,7-8,10H,3,6,9H2,1H3,(H,14,16)(H,17,18). The fourth-order valence-corrected chi connectivity index (χ4v) is 1.63. The Bertz CT molecular complexity index is 471. The third-order valence-electron chi connectivity index (χ3n) is 2.48. The maximum absolute atomic E-state index is 11.7. The summed E-state index contributed by atoms with van der Waals surface area (Å²) in [6.45, 7) is 1.93. The van der Waals surface area contributed by atoms with E-state index in [-0.39, 0.29) is 24.2 Å². The van der Waals surface area contributed by atoms with Gasteiger partial charge in [0.2, 0.25) is 5.91 Å². The van der Waals surface area contributed by atoms with E-state index in [1.807, 2.05) is 6.92 Å². The number of aromatic nitrogens is 1. The Morgan fingerprint density at radius 2 is 2.33 bits per heavy atom. The van der Waals surface area contributed by atoms with Crippen LogP contribution in [-0.2, 0) is 11.3 Å². The molecule has 1 unspecified atom stereocenters. The molecule has 1 aromatic rings. The number of nitrogens with one attached hydrogen (secondary N) is 1. The van der Waals surface area contributed by atoms with E-state index in [2.05, 4.69) is 11.2 Å². The van der Waals surface area contributed by atoms with E-state index in [0.29, 0.717) is 6.42 Å². The molecule has 0 spiro atoms. The SMILES string of the molecule is C#CC(CCC)NC(=O)Cn1cccc1C(=O)O. The van der Waals surface area contributed by atoms with Crippen LogP contribution in [0, 0.1) is 12.3 Å². The molecule has 0 fully saturated rings. The molecule has 96 valence electrons. The van der Waals surface area contributed by atoms with Crippen molar-refractivity contribution in [3.8, 4) is 12.3 Å². The van der Waals surface area contributed by atoms with Crippen LogP contribution in [-0.4, -0.2) is 27.6 Å². The van der Waals surface area contributed by atoms with Crippen LogP contribution in [0.5, 0.6) is 0 Å². The van der Waals surface area contributed by atoms with Gasteiger partial charge >= 0.3 is 5.97 Å². The molecule has 1 atom stereocenters. The van der Waals surface area contributed by atoms with Crippen LogP contribution in [0.1, 0.15) is 30.3 Å². The molecule has 1 aromatic heterocycles. The quantitative estimate of drug-likeness (QED) is 0.741. The molecule has 18 heavy (non-hydrogen) atoms. The molecule has 0 saturated carbocycles. The van der Waals surface area contributed by atoms with E-state index >= 15 is 0 Å². The minimum atomic E-state index is -1.06. The predicted molar refractivity (Wildman–Crippen MR) is 67.1 cm³/mol. The highest BCUT2D eigenvalue weighted by atomic mass is 16.4. The van der Waals surface area contributed by atoms with Gasteiger partial charge in [0.1, 0.15) is 12.2 Å². The van der Waals surface area contributed by atoms with Gasteiger partial charge in [-0.2, -0.15) is 0 Å². The fraction of sp³-hybridized carbons (Fsp3) is 0.385. The smallest absolute Gasteiger partial charge is 0.352 e. The molecule has 0 aromatic carbocycles. The highest BCUT2D eigenvalue weighted by Crippen LogP contribution is 2.02. The summed E-state index contributed by atoms with van der Waals surface area (Å²) in [5.74, 6) is 1.15. The third-order valence-corrected chi connectivity index (χ3v) is 2.48. The maximum Gasteiger partial charge on any atom is 0.352 e. The van der Waals surface area contributed by atoms with Crippen LogP contribution in [0.25, 0.3) is 0 Å². The number of carboxylic acid groups (broad SMARTS) is 1. The van der Waals surface area contributed by atoms with Crippen LogP contribution in [0.2, 0.25) is 0 Å². The van der Waals surface area contributed by atoms with Crippen molar-refractivity contribution in [2.45, 2.75) is 32.4 Å². The van der Waals surface area contributed by atoms with Crippen molar-refractivity contribution in [2.24, 2.45) is 0 Å². The molecule has 1 rings (SSSR count). The Balaban J connectivity index is 2.62. The van der Waals surface area contributed by atoms with Gasteiger partial charge in [0, 0.05) is 6.20 Å². The topological polar surface area (TPSA) is 71.3 Å². The molecule has 0 aliphatic heterocycles. The van der Waals surface area contributed by atoms with Crippen LogP contribution < -0.4 is 5.32 Å². The van der Waals surface area contributed by atoms with Gasteiger partial charge in [-0.05, 0) is 18.6 Å². The minimum Gasteiger partial charge on any atom is -0.477 e. The summed E-state index contributed by atoms with van der Waals surface area (Å²) >= 11 is 0. The molecule has 5 heteroatoms. The fourth-order valence-electron chi connectivity index (χ4n) is 1.63. The number of terminal acetylenes is 1. The van der Waals surface area contributed by atoms with E-state index in [1.165, 1.54) is 10.6 Å². The summed E-state index contributed by atoms with van der Waals surface area (Å²) in [7, 11) is 0. The average Bonchev–Trinajstić information content (AvgIpc) is 2.76. The predicted octanol–water partition coefficient (Wildman–Crippen LogP) is 1.10. The normalized spacial score (nSPS) is 11.6. The van der Waals surface area contributed by atoms with Gasteiger partial charge < -0.3 is 15.0 Å². The Labute approximate surface area is 106 Å². The monoisotopic (exact) mass is 248 g/mol. The van der Waals surface area contributed by atoms with Crippen molar-refractivity contribution in [1.29, 1.82) is 0 Å². The van der Waals surface area contributed by atoms with E-state index in [0.717, 1.165) is 6.42 Å². The first-order valence-electron chi connectivity index (χ1n) is 5.72. The summed E-state index contributed by atoms with van der Waals surface area (Å²) in [5.41, 5.74) is 0.0814. The molecule has 1 amide bonds. The molecule has 0 aliphatic carbocycles. The lowest BCUT2D eigenvalue weighted by Crippen LogP contribution is -2.36. The maximum atomic E-state index is 11.7. The van der Waals surface area contributed by atoms with E-state index in [9.17, 15) is 9.59 Å².